The summed E-state index contributed by atoms with van der Waals surface area (Å²) in [7, 11) is -4.48. The van der Waals surface area contributed by atoms with Crippen LogP contribution in [0, 0.1) is 0 Å². The largest absolute Gasteiger partial charge is 0.477 e. The molecule has 16 nitrogen and oxygen atoms in total. The quantitative estimate of drug-likeness (QED) is 0.0638. The lowest BCUT2D eigenvalue weighted by Crippen LogP contribution is -2.71. The lowest BCUT2D eigenvalue weighted by Gasteiger charge is -2.50. The average molecular weight is 619 g/mol. The highest BCUT2D eigenvalue weighted by Gasteiger charge is 2.55. The number of amides is 2. The van der Waals surface area contributed by atoms with E-state index in [0.717, 1.165) is 16.7 Å². The minimum atomic E-state index is -4.48. The number of thiophene rings is 1. The molecule has 2 unspecified atom stereocenters. The number of rotatable bonds is 13. The Labute approximate surface area is 233 Å². The summed E-state index contributed by atoms with van der Waals surface area (Å²) in [5, 5.41) is 30.5. The van der Waals surface area contributed by atoms with Crippen LogP contribution in [0.25, 0.3) is 0 Å². The highest BCUT2D eigenvalue weighted by molar-refractivity contribution is 8.01. The van der Waals surface area contributed by atoms with E-state index in [4.69, 9.17) is 9.39 Å². The number of tetrazole rings is 1. The Balaban J connectivity index is 1.56. The first kappa shape index (κ1) is 29.0. The molecule has 0 radical (unpaired) electrons. The van der Waals surface area contributed by atoms with Gasteiger partial charge in [0.25, 0.3) is 11.8 Å². The molecule has 20 heteroatoms. The number of β-lactam (4-membered cyclic amide) rings is 1. The monoisotopic (exact) mass is 618 g/mol. The number of carbonyl (C=O) groups excluding carboxylic acids is 2. The zero-order valence-electron chi connectivity index (χ0n) is 20.0. The van der Waals surface area contributed by atoms with Crippen LogP contribution >= 0.6 is 34.9 Å². The summed E-state index contributed by atoms with van der Waals surface area (Å²) in [6.07, 6.45) is 0.0444. The Kier molecular flexibility index (Phi) is 9.23. The number of fused-ring (bicyclic) bond motifs is 1. The van der Waals surface area contributed by atoms with E-state index in [1.807, 2.05) is 4.72 Å². The average Bonchev–Trinajstić information content (AvgIpc) is 3.60. The van der Waals surface area contributed by atoms with Crippen molar-refractivity contribution in [2.24, 2.45) is 5.16 Å². The molecule has 0 spiro atoms. The maximum Gasteiger partial charge on any atom is 0.352 e. The van der Waals surface area contributed by atoms with Crippen molar-refractivity contribution in [3.8, 4) is 0 Å². The summed E-state index contributed by atoms with van der Waals surface area (Å²) in [5.41, 5.74) is 0.0576. The van der Waals surface area contributed by atoms with Gasteiger partial charge in [-0.25, -0.2) is 9.89 Å². The highest BCUT2D eigenvalue weighted by atomic mass is 32.2. The number of hydrogen-bond donors (Lipinski definition) is 5. The lowest BCUT2D eigenvalue weighted by atomic mass is 10.00. The summed E-state index contributed by atoms with van der Waals surface area (Å²) in [6.45, 7) is 1.72. The van der Waals surface area contributed by atoms with Gasteiger partial charge in [0, 0.05) is 17.5 Å². The van der Waals surface area contributed by atoms with Crippen LogP contribution in [0.2, 0.25) is 0 Å². The van der Waals surface area contributed by atoms with Crippen LogP contribution in [-0.2, 0) is 29.5 Å². The van der Waals surface area contributed by atoms with E-state index in [2.05, 4.69) is 31.1 Å². The van der Waals surface area contributed by atoms with Crippen LogP contribution < -0.4 is 10.0 Å². The fourth-order valence-electron chi connectivity index (χ4n) is 3.80. The van der Waals surface area contributed by atoms with E-state index < -0.39 is 44.8 Å². The predicted octanol–water partition coefficient (Wildman–Crippen LogP) is -0.316. The molecule has 210 valence electrons. The van der Waals surface area contributed by atoms with Gasteiger partial charge in [0.05, 0.1) is 4.88 Å². The standard InChI is InChI=1S/C19H22N8O8S4/c1-2-35-24-12(11-4-3-7-36-11)15(28)21-13-16(29)27-14(18(30)31)9(8-37-17(13)27)10(5-6-20-39(32,33)34)38-19-22-25-26-23-19/h3-4,7,10,13,17,20H,2,5-6,8H2,1H3,(H,21,28)(H,30,31)(H,32,33,34)(H,22,23,25,26)/t10?,13?,17-/m0/s1. The van der Waals surface area contributed by atoms with Crippen LogP contribution in [0.4, 0.5) is 0 Å². The molecule has 2 amide bonds. The number of nitrogens with zero attached hydrogens (tertiary/aromatic N) is 5. The zero-order chi connectivity index (χ0) is 28.2. The van der Waals surface area contributed by atoms with Gasteiger partial charge in [-0.15, -0.1) is 28.2 Å². The number of carbonyl (C=O) groups is 3. The van der Waals surface area contributed by atoms with Crippen molar-refractivity contribution in [1.82, 2.24) is 35.6 Å². The van der Waals surface area contributed by atoms with Crippen LogP contribution in [0.5, 0.6) is 0 Å². The number of oxime groups is 1. The molecule has 1 fully saturated rings. The molecular weight excluding hydrogens is 597 g/mol. The van der Waals surface area contributed by atoms with Crippen molar-refractivity contribution in [2.75, 3.05) is 18.9 Å². The molecule has 5 N–H and O–H groups in total. The minimum Gasteiger partial charge on any atom is -0.477 e. The van der Waals surface area contributed by atoms with Crippen LogP contribution in [0.1, 0.15) is 18.2 Å². The van der Waals surface area contributed by atoms with Gasteiger partial charge in [0.15, 0.2) is 5.71 Å². The third-order valence-electron chi connectivity index (χ3n) is 5.40. The van der Waals surface area contributed by atoms with Gasteiger partial charge in [0.1, 0.15) is 23.7 Å². The number of carboxylic acid groups (broad SMARTS) is 1. The van der Waals surface area contributed by atoms with E-state index in [0.29, 0.717) is 10.5 Å². The second-order valence-corrected chi connectivity index (χ2v) is 12.3. The first-order valence-corrected chi connectivity index (χ1v) is 15.4. The molecule has 2 aromatic heterocycles. The third kappa shape index (κ3) is 6.76. The van der Waals surface area contributed by atoms with Crippen molar-refractivity contribution in [2.45, 2.75) is 35.2 Å². The van der Waals surface area contributed by atoms with E-state index >= 15 is 0 Å². The number of aromatic nitrogens is 4. The van der Waals surface area contributed by atoms with Gasteiger partial charge in [-0.1, -0.05) is 23.0 Å². The van der Waals surface area contributed by atoms with Crippen molar-refractivity contribution >= 4 is 68.7 Å². The molecule has 2 aromatic rings. The van der Waals surface area contributed by atoms with Gasteiger partial charge in [0.2, 0.25) is 5.16 Å². The molecular formula is C19H22N8O8S4. The molecule has 4 rings (SSSR count). The van der Waals surface area contributed by atoms with Gasteiger partial charge >= 0.3 is 16.3 Å². The SMILES string of the molecule is CCON=C(C(=O)NC1C(=O)N2C(C(=O)O)=C(C(CCNS(=O)(=O)O)Sc3nnn[nH]3)CS[C@@H]12)c1cccs1. The molecule has 4 heterocycles. The predicted molar refractivity (Wildman–Crippen MR) is 140 cm³/mol. The number of thioether (sulfide) groups is 2. The minimum absolute atomic E-state index is 0.00272. The Morgan fingerprint density at radius 2 is 2.23 bits per heavy atom. The number of H-pyrrole nitrogens is 1. The van der Waals surface area contributed by atoms with Crippen molar-refractivity contribution < 1.29 is 37.3 Å². The zero-order valence-corrected chi connectivity index (χ0v) is 23.3. The van der Waals surface area contributed by atoms with Crippen molar-refractivity contribution in [3.63, 3.8) is 0 Å². The van der Waals surface area contributed by atoms with E-state index in [1.54, 1.807) is 24.4 Å². The summed E-state index contributed by atoms with van der Waals surface area (Å²) >= 11 is 3.55. The Hall–Kier alpha value is -3.04. The molecule has 1 saturated heterocycles. The first-order chi connectivity index (χ1) is 18.6. The molecule has 2 aliphatic rings. The molecule has 2 aliphatic heterocycles. The van der Waals surface area contributed by atoms with E-state index in [-0.39, 0.29) is 41.9 Å². The van der Waals surface area contributed by atoms with Gasteiger partial charge < -0.3 is 15.3 Å². The number of hydrogen-bond acceptors (Lipinski definition) is 13. The van der Waals surface area contributed by atoms with Gasteiger partial charge in [-0.3, -0.25) is 19.0 Å². The van der Waals surface area contributed by atoms with Gasteiger partial charge in [-0.2, -0.15) is 13.1 Å². The molecule has 0 bridgehead atoms. The second kappa shape index (κ2) is 12.4. The molecule has 39 heavy (non-hydrogen) atoms. The van der Waals surface area contributed by atoms with Crippen LogP contribution in [0.3, 0.4) is 0 Å². The maximum absolute atomic E-state index is 13.2. The number of aliphatic carboxylic acids is 1. The normalized spacial score (nSPS) is 20.3. The van der Waals surface area contributed by atoms with E-state index in [1.165, 1.54) is 23.1 Å². The van der Waals surface area contributed by atoms with Crippen LogP contribution in [-0.4, -0.2) is 103 Å². The fourth-order valence-corrected chi connectivity index (χ4v) is 7.43. The number of aromatic amines is 1. The number of nitrogens with one attached hydrogen (secondary N) is 3. The third-order valence-corrected chi connectivity index (χ3v) is 9.35. The highest BCUT2D eigenvalue weighted by Crippen LogP contribution is 2.44. The molecule has 0 aliphatic carbocycles. The van der Waals surface area contributed by atoms with Crippen molar-refractivity contribution in [1.29, 1.82) is 0 Å². The second-order valence-electron chi connectivity index (χ2n) is 7.85. The topological polar surface area (TPSA) is 229 Å². The number of carboxylic acids is 1. The summed E-state index contributed by atoms with van der Waals surface area (Å²) in [4.78, 5) is 45.2. The molecule has 0 aromatic carbocycles. The summed E-state index contributed by atoms with van der Waals surface area (Å²) < 4.78 is 33.2. The Bertz CT molecular complexity index is 1380. The first-order valence-electron chi connectivity index (χ1n) is 11.2. The smallest absolute Gasteiger partial charge is 0.352 e. The lowest BCUT2D eigenvalue weighted by molar-refractivity contribution is -0.150. The Morgan fingerprint density at radius 1 is 1.44 bits per heavy atom. The molecule has 0 saturated carbocycles. The summed E-state index contributed by atoms with van der Waals surface area (Å²) in [5.74, 6) is -2.48. The molecule has 3 atom stereocenters. The fraction of sp³-hybridized carbons (Fsp3) is 0.421. The van der Waals surface area contributed by atoms with Crippen LogP contribution in [0.15, 0.2) is 39.1 Å². The maximum atomic E-state index is 13.2. The van der Waals surface area contributed by atoms with Gasteiger partial charge in [-0.05, 0) is 40.8 Å². The van der Waals surface area contributed by atoms with E-state index in [9.17, 15) is 27.9 Å². The van der Waals surface area contributed by atoms with Crippen molar-refractivity contribution in [3.05, 3.63) is 33.7 Å². The Morgan fingerprint density at radius 3 is 2.85 bits per heavy atom. The summed E-state index contributed by atoms with van der Waals surface area (Å²) in [6, 6.07) is 2.42.